The van der Waals surface area contributed by atoms with E-state index in [0.717, 1.165) is 129 Å². The lowest BCUT2D eigenvalue weighted by Crippen LogP contribution is -2.02. The molecule has 13 aromatic rings. The monoisotopic (exact) mass is 808 g/mol. The normalized spacial score (nSPS) is 13.5. The average Bonchev–Trinajstić information content (AvgIpc) is 4.17. The van der Waals surface area contributed by atoms with Crippen LogP contribution in [0.3, 0.4) is 0 Å². The van der Waals surface area contributed by atoms with Crippen molar-refractivity contribution in [1.82, 2.24) is 59.8 Å². The first-order chi connectivity index (χ1) is 31.1. The summed E-state index contributed by atoms with van der Waals surface area (Å²) in [5, 5.41) is 1.78. The highest BCUT2D eigenvalue weighted by Crippen LogP contribution is 2.42. The molecule has 16 rings (SSSR count). The second-order valence-electron chi connectivity index (χ2n) is 17.0. The van der Waals surface area contributed by atoms with Crippen LogP contribution in [0, 0.1) is 0 Å². The van der Waals surface area contributed by atoms with Gasteiger partial charge in [0.15, 0.2) is 0 Å². The Morgan fingerprint density at radius 2 is 0.730 bits per heavy atom. The number of benzene rings is 4. The molecule has 63 heavy (non-hydrogen) atoms. The van der Waals surface area contributed by atoms with Crippen molar-refractivity contribution >= 4 is 100 Å². The van der Waals surface area contributed by atoms with Crippen molar-refractivity contribution in [2.75, 3.05) is 0 Å². The molecule has 0 saturated carbocycles. The maximum atomic E-state index is 5.67. The minimum Gasteiger partial charge on any atom is -0.358 e. The smallest absolute Gasteiger partial charge is 0.120 e. The van der Waals surface area contributed by atoms with Gasteiger partial charge in [0.05, 0.1) is 44.5 Å². The lowest BCUT2D eigenvalue weighted by atomic mass is 10.0. The van der Waals surface area contributed by atoms with Crippen LogP contribution in [-0.2, 0) is 12.8 Å². The molecule has 0 fully saturated rings. The zero-order valence-corrected chi connectivity index (χ0v) is 33.0. The van der Waals surface area contributed by atoms with E-state index in [1.807, 2.05) is 0 Å². The summed E-state index contributed by atoms with van der Waals surface area (Å²) >= 11 is 0. The van der Waals surface area contributed by atoms with E-state index in [1.54, 1.807) is 0 Å². The highest BCUT2D eigenvalue weighted by atomic mass is 14.9. The van der Waals surface area contributed by atoms with Gasteiger partial charge in [-0.3, -0.25) is 0 Å². The van der Waals surface area contributed by atoms with Gasteiger partial charge in [0.1, 0.15) is 33.1 Å². The molecule has 3 aliphatic rings. The third-order valence-electron chi connectivity index (χ3n) is 13.3. The summed E-state index contributed by atoms with van der Waals surface area (Å²) in [6.45, 7) is 0. The van der Waals surface area contributed by atoms with Gasteiger partial charge in [0.25, 0.3) is 0 Å². The first-order valence-electron chi connectivity index (χ1n) is 21.1. The SMILES string of the molecule is C1=Cc2nc1cc1ccc([nH]1)c1ccc3c4nc5c6nc7c(ccc8c7nc6c6nc7c(ccc2c7nc6c5nc41)-c1ccc([nH]1)Cc1ccc-8[nH]1)-c1ccc([nH]1)Cc1ccc-3[nH]1. The van der Waals surface area contributed by atoms with Crippen LogP contribution in [0.4, 0.5) is 0 Å². The van der Waals surface area contributed by atoms with Gasteiger partial charge in [0, 0.05) is 102 Å². The van der Waals surface area contributed by atoms with Gasteiger partial charge >= 0.3 is 0 Å². The van der Waals surface area contributed by atoms with Crippen LogP contribution in [0.25, 0.3) is 145 Å². The summed E-state index contributed by atoms with van der Waals surface area (Å²) in [5.74, 6) is 0. The van der Waals surface area contributed by atoms with Gasteiger partial charge in [-0.15, -0.1) is 0 Å². The van der Waals surface area contributed by atoms with E-state index in [2.05, 4.69) is 140 Å². The number of aromatic nitrogens is 12. The number of fused-ring (bicyclic) bond motifs is 18. The zero-order chi connectivity index (χ0) is 40.7. The molecule has 5 N–H and O–H groups in total. The lowest BCUT2D eigenvalue weighted by molar-refractivity contribution is 1.06. The predicted octanol–water partition coefficient (Wildman–Crippen LogP) is 10.8. The second-order valence-corrected chi connectivity index (χ2v) is 17.0. The molecule has 292 valence electrons. The van der Waals surface area contributed by atoms with E-state index >= 15 is 0 Å². The van der Waals surface area contributed by atoms with Crippen LogP contribution in [0.2, 0.25) is 0 Å². The van der Waals surface area contributed by atoms with Crippen LogP contribution >= 0.6 is 0 Å². The van der Waals surface area contributed by atoms with Gasteiger partial charge in [-0.05, 0) is 115 Å². The highest BCUT2D eigenvalue weighted by molar-refractivity contribution is 6.24. The van der Waals surface area contributed by atoms with Crippen molar-refractivity contribution < 1.29 is 0 Å². The lowest BCUT2D eigenvalue weighted by Gasteiger charge is -2.15. The fourth-order valence-corrected chi connectivity index (χ4v) is 10.3. The van der Waals surface area contributed by atoms with Crippen LogP contribution in [0.5, 0.6) is 0 Å². The number of rotatable bonds is 0. The molecule has 3 aliphatic heterocycles. The summed E-state index contributed by atoms with van der Waals surface area (Å²) in [6, 6.07) is 36.2. The van der Waals surface area contributed by atoms with Gasteiger partial charge in [-0.25, -0.2) is 34.9 Å². The molecule has 9 aromatic heterocycles. The number of hydrogen-bond acceptors (Lipinski definition) is 7. The molecule has 0 unspecified atom stereocenters. The summed E-state index contributed by atoms with van der Waals surface area (Å²) in [4.78, 5) is 57.7. The number of nitrogens with one attached hydrogen (secondary N) is 5. The summed E-state index contributed by atoms with van der Waals surface area (Å²) in [6.07, 6.45) is 5.48. The molecule has 12 nitrogen and oxygen atoms in total. The number of aromatic amines is 5. The van der Waals surface area contributed by atoms with Crippen molar-refractivity contribution in [3.05, 3.63) is 137 Å². The third kappa shape index (κ3) is 4.30. The minimum atomic E-state index is 0.591. The van der Waals surface area contributed by atoms with Crippen molar-refractivity contribution in [3.63, 3.8) is 0 Å². The van der Waals surface area contributed by atoms with Crippen molar-refractivity contribution in [2.45, 2.75) is 12.8 Å². The predicted molar refractivity (Wildman–Crippen MR) is 248 cm³/mol. The number of hydrogen-bond donors (Lipinski definition) is 5. The Bertz CT molecular complexity index is 4340. The van der Waals surface area contributed by atoms with Gasteiger partial charge in [0.2, 0.25) is 0 Å². The standard InChI is InChI=1S/C51H28N12/c1-13-34-28-7-8-29-36-15-3-24(54-36)20-25-5-17-38(56-25)32-11-12-33-39-18-6-27(57-39)21-26-4-16-37(55-26)31-10-9-30(35-14-2-23(53-35)19-22(1)52-34)42-43(31)61-50-48(60-42)46-47(59-41(29)40(28)58-46)49-51(50)63-45(33)44(32)62-49/h1-19,52,54-57H,20-21H2. The summed E-state index contributed by atoms with van der Waals surface area (Å²) in [7, 11) is 0. The highest BCUT2D eigenvalue weighted by Gasteiger charge is 2.26. The average molecular weight is 809 g/mol. The van der Waals surface area contributed by atoms with Crippen LogP contribution < -0.4 is 0 Å². The Hall–Kier alpha value is -8.77. The molecule has 0 aliphatic carbocycles. The Balaban J connectivity index is 1.21. The maximum absolute atomic E-state index is 5.67. The first kappa shape index (κ1) is 32.1. The Labute approximate surface area is 353 Å². The molecule has 0 saturated heterocycles. The minimum absolute atomic E-state index is 0.591. The molecule has 24 bridgehead atoms. The number of nitrogens with zero attached hydrogens (tertiary/aromatic N) is 7. The molecule has 0 amide bonds. The quantitative estimate of drug-likeness (QED) is 0.0750. The third-order valence-corrected chi connectivity index (χ3v) is 13.3. The zero-order valence-electron chi connectivity index (χ0n) is 33.0. The Kier molecular flexibility index (Phi) is 5.66. The van der Waals surface area contributed by atoms with Crippen molar-refractivity contribution in [2.24, 2.45) is 0 Å². The van der Waals surface area contributed by atoms with Crippen molar-refractivity contribution in [3.8, 4) is 45.0 Å². The largest absolute Gasteiger partial charge is 0.358 e. The van der Waals surface area contributed by atoms with Gasteiger partial charge in [-0.1, -0.05) is 0 Å². The van der Waals surface area contributed by atoms with Crippen LogP contribution in [-0.4, -0.2) is 59.8 Å². The molecule has 12 heterocycles. The summed E-state index contributed by atoms with van der Waals surface area (Å²) in [5.41, 5.74) is 23.3. The van der Waals surface area contributed by atoms with Gasteiger partial charge in [-0.2, -0.15) is 0 Å². The molecule has 4 aromatic carbocycles. The van der Waals surface area contributed by atoms with E-state index in [4.69, 9.17) is 34.9 Å². The molecule has 0 spiro atoms. The Morgan fingerprint density at radius 3 is 1.22 bits per heavy atom. The first-order valence-corrected chi connectivity index (χ1v) is 21.1. The molecule has 0 atom stereocenters. The van der Waals surface area contributed by atoms with E-state index in [1.165, 1.54) is 0 Å². The van der Waals surface area contributed by atoms with E-state index < -0.39 is 0 Å². The van der Waals surface area contributed by atoms with E-state index in [-0.39, 0.29) is 0 Å². The van der Waals surface area contributed by atoms with Crippen LogP contribution in [0.1, 0.15) is 34.2 Å². The number of H-pyrrole nitrogens is 5. The van der Waals surface area contributed by atoms with Crippen molar-refractivity contribution in [1.29, 1.82) is 0 Å². The summed E-state index contributed by atoms with van der Waals surface area (Å²) < 4.78 is 0. The molecular weight excluding hydrogens is 781 g/mol. The van der Waals surface area contributed by atoms with E-state index in [9.17, 15) is 0 Å². The topological polar surface area (TPSA) is 169 Å². The maximum Gasteiger partial charge on any atom is 0.120 e. The molecule has 0 radical (unpaired) electrons. The Morgan fingerprint density at radius 1 is 0.317 bits per heavy atom. The van der Waals surface area contributed by atoms with Crippen LogP contribution in [0.15, 0.2) is 103 Å². The molecule has 12 heteroatoms. The van der Waals surface area contributed by atoms with E-state index in [0.29, 0.717) is 51.5 Å². The molecular formula is C51H28N12. The fourth-order valence-electron chi connectivity index (χ4n) is 10.3. The fraction of sp³-hybridized carbons (Fsp3) is 0.0392. The van der Waals surface area contributed by atoms with Gasteiger partial charge < -0.3 is 24.9 Å². The second kappa shape index (κ2) is 11.1.